The molecule has 0 radical (unpaired) electrons. The normalized spacial score (nSPS) is 13.5. The first-order chi connectivity index (χ1) is 16.6. The number of rotatable bonds is 8. The Bertz CT molecular complexity index is 1330. The van der Waals surface area contributed by atoms with Gasteiger partial charge in [-0.2, -0.15) is 0 Å². The van der Waals surface area contributed by atoms with Crippen molar-refractivity contribution in [3.63, 3.8) is 0 Å². The summed E-state index contributed by atoms with van der Waals surface area (Å²) in [7, 11) is -4.71. The van der Waals surface area contributed by atoms with Gasteiger partial charge in [-0.1, -0.05) is 17.4 Å². The number of amidine groups is 1. The van der Waals surface area contributed by atoms with Gasteiger partial charge in [-0.3, -0.25) is 14.8 Å². The fraction of sp³-hybridized carbons (Fsp3) is 0.227. The molecule has 0 aliphatic carbocycles. The topological polar surface area (TPSA) is 158 Å². The summed E-state index contributed by atoms with van der Waals surface area (Å²) in [5.41, 5.74) is 3.73. The van der Waals surface area contributed by atoms with Crippen LogP contribution < -0.4 is 10.6 Å². The van der Waals surface area contributed by atoms with Crippen LogP contribution in [0, 0.1) is 0 Å². The van der Waals surface area contributed by atoms with Gasteiger partial charge in [0.1, 0.15) is 6.10 Å². The fourth-order valence-electron chi connectivity index (χ4n) is 3.09. The smallest absolute Gasteiger partial charge is 0.338 e. The monoisotopic (exact) mass is 516 g/mol. The van der Waals surface area contributed by atoms with Gasteiger partial charge < -0.3 is 15.1 Å². The maximum atomic E-state index is 12.0. The largest absolute Gasteiger partial charge is 0.470 e. The maximum absolute atomic E-state index is 12.0. The molecule has 0 aliphatic rings. The summed E-state index contributed by atoms with van der Waals surface area (Å²) in [4.78, 5) is 47.0. The number of aromatic nitrogens is 2. The standard InChI is InChI=1S/C22H25N6O5PS/c1-5-24-21(29)28-22-27-18-11-15(10-16(19(18)35-22)17-8-6-7-9-25-17)13(2)12-26-20(23-4)14(3)33-34(30,31)32/h6-12,14H,4-5H2,1-3H3,(H2,30,31,32)(H2,24,27,28,29)/b13-12+,26-20-. The highest BCUT2D eigenvalue weighted by Crippen LogP contribution is 2.38. The third-order valence-corrected chi connectivity index (χ3v) is 6.27. The predicted octanol–water partition coefficient (Wildman–Crippen LogP) is 4.46. The van der Waals surface area contributed by atoms with Crippen molar-refractivity contribution in [1.29, 1.82) is 0 Å². The first kappa shape index (κ1) is 26.3. The summed E-state index contributed by atoms with van der Waals surface area (Å²) in [6, 6.07) is 9.05. The average Bonchev–Trinajstić information content (AvgIpc) is 3.20. The zero-order valence-corrected chi connectivity index (χ0v) is 21.0. The van der Waals surface area contributed by atoms with E-state index in [1.54, 1.807) is 6.20 Å². The summed E-state index contributed by atoms with van der Waals surface area (Å²) in [5, 5.41) is 5.87. The number of phosphoric ester groups is 1. The van der Waals surface area contributed by atoms with Crippen molar-refractivity contribution in [2.75, 3.05) is 11.9 Å². The van der Waals surface area contributed by atoms with Gasteiger partial charge in [-0.25, -0.2) is 24.3 Å². The van der Waals surface area contributed by atoms with Gasteiger partial charge in [-0.05, 0) is 62.9 Å². The number of carbonyl (C=O) groups excluding carboxylic acids is 1. The molecule has 4 N–H and O–H groups in total. The van der Waals surface area contributed by atoms with E-state index in [1.165, 1.54) is 24.5 Å². The molecule has 0 bridgehead atoms. The molecule has 0 aliphatic heterocycles. The summed E-state index contributed by atoms with van der Waals surface area (Å²) < 4.78 is 16.6. The molecule has 3 rings (SSSR count). The molecule has 0 saturated heterocycles. The van der Waals surface area contributed by atoms with Gasteiger partial charge in [0.15, 0.2) is 11.0 Å². The van der Waals surface area contributed by atoms with E-state index >= 15 is 0 Å². The minimum atomic E-state index is -4.71. The highest BCUT2D eigenvalue weighted by molar-refractivity contribution is 7.46. The van der Waals surface area contributed by atoms with Crippen LogP contribution in [-0.2, 0) is 9.09 Å². The third kappa shape index (κ3) is 7.10. The number of carbonyl (C=O) groups is 1. The Morgan fingerprint density at radius 2 is 2.14 bits per heavy atom. The van der Waals surface area contributed by atoms with Crippen LogP contribution in [0.15, 0.2) is 52.7 Å². The minimum absolute atomic E-state index is 0.0146. The van der Waals surface area contributed by atoms with Crippen molar-refractivity contribution in [2.45, 2.75) is 26.9 Å². The molecular formula is C22H25N6O5PS. The lowest BCUT2D eigenvalue weighted by molar-refractivity contribution is 0.180. The molecule has 2 amide bonds. The van der Waals surface area contributed by atoms with Gasteiger partial charge >= 0.3 is 13.9 Å². The van der Waals surface area contributed by atoms with E-state index in [4.69, 9.17) is 9.79 Å². The number of nitrogens with zero attached hydrogens (tertiary/aromatic N) is 4. The molecule has 2 heterocycles. The number of phosphoric acid groups is 1. The van der Waals surface area contributed by atoms with E-state index in [-0.39, 0.29) is 11.9 Å². The number of urea groups is 1. The molecule has 1 aromatic carbocycles. The number of hydrogen-bond acceptors (Lipinski definition) is 7. The van der Waals surface area contributed by atoms with E-state index in [0.29, 0.717) is 17.2 Å². The Hall–Kier alpha value is -3.28. The molecule has 2 aromatic heterocycles. The van der Waals surface area contributed by atoms with Crippen molar-refractivity contribution < 1.29 is 23.7 Å². The van der Waals surface area contributed by atoms with Crippen LogP contribution in [0.1, 0.15) is 26.3 Å². The Balaban J connectivity index is 2.05. The lowest BCUT2D eigenvalue weighted by Crippen LogP contribution is -2.28. The number of amides is 2. The Morgan fingerprint density at radius 3 is 2.77 bits per heavy atom. The number of pyridine rings is 1. The van der Waals surface area contributed by atoms with E-state index < -0.39 is 13.9 Å². The zero-order valence-electron chi connectivity index (χ0n) is 19.3. The fourth-order valence-corrected chi connectivity index (χ4v) is 4.56. The Kier molecular flexibility index (Phi) is 8.60. The molecule has 3 aromatic rings. The molecule has 0 spiro atoms. The molecule has 0 saturated carbocycles. The summed E-state index contributed by atoms with van der Waals surface area (Å²) in [5.74, 6) is 0.0146. The number of hydrogen-bond donors (Lipinski definition) is 4. The number of aliphatic imine (C=N–C) groups is 2. The van der Waals surface area contributed by atoms with Crippen LogP contribution in [-0.4, -0.2) is 51.0 Å². The quantitative estimate of drug-likeness (QED) is 0.195. The zero-order chi connectivity index (χ0) is 25.6. The third-order valence-electron chi connectivity index (χ3n) is 4.66. The van der Waals surface area contributed by atoms with E-state index in [9.17, 15) is 9.36 Å². The first-order valence-corrected chi connectivity index (χ1v) is 12.8. The summed E-state index contributed by atoms with van der Waals surface area (Å²) in [6.45, 7) is 8.95. The second-order valence-corrected chi connectivity index (χ2v) is 9.48. The number of fused-ring (bicyclic) bond motifs is 1. The number of thiazole rings is 1. The highest BCUT2D eigenvalue weighted by atomic mass is 32.1. The van der Waals surface area contributed by atoms with Crippen LogP contribution >= 0.6 is 19.2 Å². The highest BCUT2D eigenvalue weighted by Gasteiger charge is 2.22. The molecule has 13 heteroatoms. The Labute approximate surface area is 206 Å². The average molecular weight is 517 g/mol. The first-order valence-electron chi connectivity index (χ1n) is 10.5. The molecule has 1 atom stereocenters. The van der Waals surface area contributed by atoms with Crippen molar-refractivity contribution >= 4 is 58.7 Å². The molecule has 1 unspecified atom stereocenters. The van der Waals surface area contributed by atoms with Crippen LogP contribution in [0.5, 0.6) is 0 Å². The predicted molar refractivity (Wildman–Crippen MR) is 139 cm³/mol. The van der Waals surface area contributed by atoms with E-state index in [1.807, 2.05) is 44.2 Å². The number of anilines is 1. The van der Waals surface area contributed by atoms with Crippen molar-refractivity contribution in [3.8, 4) is 11.3 Å². The van der Waals surface area contributed by atoms with Crippen molar-refractivity contribution in [2.24, 2.45) is 9.98 Å². The molecule has 11 nitrogen and oxygen atoms in total. The van der Waals surface area contributed by atoms with Crippen LogP contribution in [0.25, 0.3) is 27.0 Å². The summed E-state index contributed by atoms with van der Waals surface area (Å²) in [6.07, 6.45) is 2.14. The lowest BCUT2D eigenvalue weighted by atomic mass is 10.0. The summed E-state index contributed by atoms with van der Waals surface area (Å²) >= 11 is 1.34. The van der Waals surface area contributed by atoms with E-state index in [0.717, 1.165) is 27.1 Å². The SMILES string of the molecule is C=N/C(=N\C=C(/C)c1cc(-c2ccccn2)c2sc(NC(=O)NCC)nc2c1)C(C)OP(=O)(O)O. The lowest BCUT2D eigenvalue weighted by Gasteiger charge is -2.12. The molecule has 184 valence electrons. The number of benzene rings is 1. The number of allylic oxidation sites excluding steroid dienone is 1. The van der Waals surface area contributed by atoms with Gasteiger partial charge in [0.05, 0.1) is 15.9 Å². The Morgan fingerprint density at radius 1 is 1.37 bits per heavy atom. The van der Waals surface area contributed by atoms with Crippen LogP contribution in [0.2, 0.25) is 0 Å². The second kappa shape index (κ2) is 11.4. The van der Waals surface area contributed by atoms with Crippen LogP contribution in [0.3, 0.4) is 0 Å². The van der Waals surface area contributed by atoms with Gasteiger partial charge in [0, 0.05) is 24.5 Å². The second-order valence-electron chi connectivity index (χ2n) is 7.29. The molecule has 35 heavy (non-hydrogen) atoms. The van der Waals surface area contributed by atoms with Gasteiger partial charge in [-0.15, -0.1) is 0 Å². The van der Waals surface area contributed by atoms with Crippen molar-refractivity contribution in [1.82, 2.24) is 15.3 Å². The minimum Gasteiger partial charge on any atom is -0.338 e. The molecule has 0 fully saturated rings. The van der Waals surface area contributed by atoms with Crippen LogP contribution in [0.4, 0.5) is 9.93 Å². The van der Waals surface area contributed by atoms with E-state index in [2.05, 4.69) is 41.8 Å². The van der Waals surface area contributed by atoms with Gasteiger partial charge in [0.25, 0.3) is 0 Å². The maximum Gasteiger partial charge on any atom is 0.470 e. The molecular weight excluding hydrogens is 491 g/mol. The van der Waals surface area contributed by atoms with Gasteiger partial charge in [0.2, 0.25) is 0 Å². The number of nitrogens with one attached hydrogen (secondary N) is 2. The van der Waals surface area contributed by atoms with Crippen molar-refractivity contribution in [3.05, 3.63) is 48.3 Å².